The van der Waals surface area contributed by atoms with E-state index < -0.39 is 0 Å². The summed E-state index contributed by atoms with van der Waals surface area (Å²) < 4.78 is 6.80. The van der Waals surface area contributed by atoms with Gasteiger partial charge in [-0.2, -0.15) is 0 Å². The van der Waals surface area contributed by atoms with Gasteiger partial charge in [0, 0.05) is 43.9 Å². The second-order valence-corrected chi connectivity index (χ2v) is 12.6. The molecule has 0 atom stereocenters. The molecule has 3 amide bonds. The molecule has 0 radical (unpaired) electrons. The normalized spacial score (nSPS) is 25.3. The summed E-state index contributed by atoms with van der Waals surface area (Å²) >= 11 is 2.02. The number of anilines is 1. The number of carbonyl (C=O) groups is 2. The summed E-state index contributed by atoms with van der Waals surface area (Å²) in [5.74, 6) is 1.03. The first-order valence-corrected chi connectivity index (χ1v) is 15.0. The third kappa shape index (κ3) is 5.49. The van der Waals surface area contributed by atoms with Crippen molar-refractivity contribution in [1.29, 1.82) is 0 Å². The van der Waals surface area contributed by atoms with E-state index in [2.05, 4.69) is 59.2 Å². The monoisotopic (exact) mass is 645 g/mol. The van der Waals surface area contributed by atoms with Crippen LogP contribution in [0.4, 0.5) is 10.5 Å². The van der Waals surface area contributed by atoms with Gasteiger partial charge in [0.05, 0.1) is 41.2 Å². The SMILES string of the molecule is COc1cc(N(I)C(=O)CCN2CC3(CCC(c4ccccc4)(N(C)C)CC3)N(CC3CCC3)C2=O)ccn1. The Morgan fingerprint density at radius 2 is 1.85 bits per heavy atom. The largest absolute Gasteiger partial charge is 0.481 e. The minimum absolute atomic E-state index is 0.0195. The Morgan fingerprint density at radius 3 is 2.46 bits per heavy atom. The number of aromatic nitrogens is 1. The van der Waals surface area contributed by atoms with Gasteiger partial charge < -0.3 is 14.5 Å². The fourth-order valence-corrected chi connectivity index (χ4v) is 7.21. The molecular formula is C30H40IN5O3. The molecule has 1 aromatic carbocycles. The lowest BCUT2D eigenvalue weighted by Gasteiger charge is -2.51. The number of hydrogen-bond donors (Lipinski definition) is 0. The van der Waals surface area contributed by atoms with Gasteiger partial charge in [-0.3, -0.25) is 12.8 Å². The molecule has 2 heterocycles. The molecule has 39 heavy (non-hydrogen) atoms. The van der Waals surface area contributed by atoms with E-state index in [1.165, 1.54) is 24.8 Å². The average molecular weight is 646 g/mol. The topological polar surface area (TPSA) is 69.2 Å². The van der Waals surface area contributed by atoms with E-state index in [9.17, 15) is 9.59 Å². The van der Waals surface area contributed by atoms with Crippen LogP contribution in [0.2, 0.25) is 0 Å². The van der Waals surface area contributed by atoms with Crippen molar-refractivity contribution >= 4 is 40.5 Å². The maximum Gasteiger partial charge on any atom is 0.320 e. The summed E-state index contributed by atoms with van der Waals surface area (Å²) in [5.41, 5.74) is 1.90. The van der Waals surface area contributed by atoms with Crippen LogP contribution < -0.4 is 7.85 Å². The molecular weight excluding hydrogens is 605 g/mol. The Labute approximate surface area is 246 Å². The third-order valence-electron chi connectivity index (χ3n) is 9.37. The number of pyridine rings is 1. The highest BCUT2D eigenvalue weighted by molar-refractivity contribution is 14.1. The molecule has 1 spiro atoms. The van der Waals surface area contributed by atoms with Crippen molar-refractivity contribution in [2.75, 3.05) is 44.0 Å². The zero-order valence-corrected chi connectivity index (χ0v) is 25.5. The smallest absolute Gasteiger partial charge is 0.320 e. The van der Waals surface area contributed by atoms with Crippen molar-refractivity contribution in [2.24, 2.45) is 5.92 Å². The summed E-state index contributed by atoms with van der Waals surface area (Å²) in [6, 6.07) is 14.5. The molecule has 5 rings (SSSR count). The molecule has 2 saturated carbocycles. The Kier molecular flexibility index (Phi) is 8.37. The van der Waals surface area contributed by atoms with Crippen molar-refractivity contribution in [3.8, 4) is 5.88 Å². The van der Waals surface area contributed by atoms with Gasteiger partial charge in [-0.1, -0.05) is 36.8 Å². The molecule has 2 aromatic rings. The minimum atomic E-state index is -0.160. The highest BCUT2D eigenvalue weighted by atomic mass is 127. The number of nitrogens with zero attached hydrogens (tertiary/aromatic N) is 5. The highest BCUT2D eigenvalue weighted by Crippen LogP contribution is 2.49. The fraction of sp³-hybridized carbons (Fsp3) is 0.567. The number of benzene rings is 1. The van der Waals surface area contributed by atoms with Crippen LogP contribution in [0.15, 0.2) is 48.7 Å². The summed E-state index contributed by atoms with van der Waals surface area (Å²) in [6.45, 7) is 1.98. The number of amides is 3. The van der Waals surface area contributed by atoms with Crippen LogP contribution in [-0.4, -0.2) is 78.0 Å². The fourth-order valence-electron chi connectivity index (χ4n) is 6.67. The molecule has 0 unspecified atom stereocenters. The van der Waals surface area contributed by atoms with Crippen molar-refractivity contribution in [2.45, 2.75) is 62.4 Å². The Balaban J connectivity index is 1.30. The van der Waals surface area contributed by atoms with Gasteiger partial charge in [0.2, 0.25) is 11.8 Å². The highest BCUT2D eigenvalue weighted by Gasteiger charge is 2.54. The molecule has 210 valence electrons. The quantitative estimate of drug-likeness (QED) is 0.267. The molecule has 1 saturated heterocycles. The number of rotatable bonds is 9. The first-order chi connectivity index (χ1) is 18.8. The molecule has 1 aliphatic heterocycles. The number of urea groups is 1. The van der Waals surface area contributed by atoms with Gasteiger partial charge in [-0.05, 0) is 70.2 Å². The number of ether oxygens (including phenoxy) is 1. The Morgan fingerprint density at radius 1 is 1.13 bits per heavy atom. The van der Waals surface area contributed by atoms with E-state index in [1.807, 2.05) is 27.8 Å². The Bertz CT molecular complexity index is 1160. The van der Waals surface area contributed by atoms with Gasteiger partial charge in [-0.25, -0.2) is 9.78 Å². The van der Waals surface area contributed by atoms with Crippen molar-refractivity contribution in [1.82, 2.24) is 19.7 Å². The van der Waals surface area contributed by atoms with Gasteiger partial charge in [0.25, 0.3) is 0 Å². The molecule has 0 N–H and O–H groups in total. The molecule has 8 nitrogen and oxygen atoms in total. The predicted molar refractivity (Wildman–Crippen MR) is 161 cm³/mol. The van der Waals surface area contributed by atoms with E-state index in [1.54, 1.807) is 28.6 Å². The van der Waals surface area contributed by atoms with E-state index >= 15 is 0 Å². The predicted octanol–water partition coefficient (Wildman–Crippen LogP) is 5.47. The number of carbonyl (C=O) groups excluding carboxylic acids is 2. The van der Waals surface area contributed by atoms with Crippen LogP contribution in [0.5, 0.6) is 5.88 Å². The molecule has 9 heteroatoms. The van der Waals surface area contributed by atoms with E-state index in [4.69, 9.17) is 4.74 Å². The maximum atomic E-state index is 13.8. The molecule has 1 aromatic heterocycles. The number of halogens is 1. The van der Waals surface area contributed by atoms with Crippen LogP contribution in [0.3, 0.4) is 0 Å². The van der Waals surface area contributed by atoms with Crippen LogP contribution in [-0.2, 0) is 10.3 Å². The first kappa shape index (κ1) is 28.1. The minimum Gasteiger partial charge on any atom is -0.481 e. The second kappa shape index (κ2) is 11.6. The van der Waals surface area contributed by atoms with E-state index in [-0.39, 0.29) is 29.4 Å². The van der Waals surface area contributed by atoms with Crippen molar-refractivity contribution in [3.05, 3.63) is 54.2 Å². The number of hydrogen-bond acceptors (Lipinski definition) is 5. The molecule has 2 aliphatic carbocycles. The lowest BCUT2D eigenvalue weighted by Crippen LogP contribution is -2.56. The third-order valence-corrected chi connectivity index (χ3v) is 10.5. The van der Waals surface area contributed by atoms with Gasteiger partial charge in [0.15, 0.2) is 0 Å². The summed E-state index contributed by atoms with van der Waals surface area (Å²) in [6.07, 6.45) is 9.56. The zero-order chi connectivity index (χ0) is 27.6. The average Bonchev–Trinajstić information content (AvgIpc) is 3.19. The van der Waals surface area contributed by atoms with Crippen LogP contribution in [0.1, 0.15) is 56.9 Å². The summed E-state index contributed by atoms with van der Waals surface area (Å²) in [5, 5.41) is 0. The van der Waals surface area contributed by atoms with Crippen LogP contribution in [0.25, 0.3) is 0 Å². The lowest BCUT2D eigenvalue weighted by atomic mass is 9.68. The Hall–Kier alpha value is -2.40. The van der Waals surface area contributed by atoms with Crippen molar-refractivity contribution in [3.63, 3.8) is 0 Å². The molecule has 3 fully saturated rings. The summed E-state index contributed by atoms with van der Waals surface area (Å²) in [4.78, 5) is 37.6. The standard InChI is InChI=1S/C30H40IN5O3/c1-33(2)30(24-10-5-4-6-11-24)16-14-29(15-17-30)22-34(28(38)35(29)21-23-8-7-9-23)19-13-27(37)36(31)25-12-18-32-26(20-25)39-3/h4-6,10-12,18,20,23H,7-9,13-17,19,21-22H2,1-3H3. The zero-order valence-electron chi connectivity index (χ0n) is 23.3. The van der Waals surface area contributed by atoms with Gasteiger partial charge >= 0.3 is 6.03 Å². The van der Waals surface area contributed by atoms with Crippen LogP contribution in [0, 0.1) is 5.92 Å². The molecule has 0 bridgehead atoms. The lowest BCUT2D eigenvalue weighted by molar-refractivity contribution is -0.117. The summed E-state index contributed by atoms with van der Waals surface area (Å²) in [7, 11) is 5.93. The second-order valence-electron chi connectivity index (χ2n) is 11.6. The van der Waals surface area contributed by atoms with Crippen LogP contribution >= 0.6 is 22.9 Å². The molecule has 3 aliphatic rings. The number of methoxy groups -OCH3 is 1. The first-order valence-electron chi connectivity index (χ1n) is 14.1. The van der Waals surface area contributed by atoms with Gasteiger partial charge in [-0.15, -0.1) is 0 Å². The van der Waals surface area contributed by atoms with Gasteiger partial charge in [0.1, 0.15) is 0 Å². The maximum absolute atomic E-state index is 13.8. The van der Waals surface area contributed by atoms with Crippen molar-refractivity contribution < 1.29 is 14.3 Å². The van der Waals surface area contributed by atoms with E-state index in [0.29, 0.717) is 24.9 Å². The van der Waals surface area contributed by atoms with E-state index in [0.717, 1.165) is 37.9 Å².